The highest BCUT2D eigenvalue weighted by atomic mass is 16.3. The van der Waals surface area contributed by atoms with Gasteiger partial charge < -0.3 is 10.4 Å². The van der Waals surface area contributed by atoms with Crippen LogP contribution in [0.15, 0.2) is 0 Å². The number of nitrogens with one attached hydrogen (secondary N) is 1. The first kappa shape index (κ1) is 9.97. The summed E-state index contributed by atoms with van der Waals surface area (Å²) < 4.78 is 0. The van der Waals surface area contributed by atoms with E-state index in [1.54, 1.807) is 0 Å². The molecule has 0 heterocycles. The highest BCUT2D eigenvalue weighted by molar-refractivity contribution is 5.81. The van der Waals surface area contributed by atoms with Crippen LogP contribution in [-0.4, -0.2) is 23.2 Å². The van der Waals surface area contributed by atoms with Crippen LogP contribution in [-0.2, 0) is 4.79 Å². The second-order valence-corrected chi connectivity index (χ2v) is 4.84. The molecule has 2 aliphatic carbocycles. The monoisotopic (exact) mass is 197 g/mol. The maximum Gasteiger partial charge on any atom is 0.223 e. The van der Waals surface area contributed by atoms with Crippen molar-refractivity contribution in [3.05, 3.63) is 0 Å². The number of aliphatic hydroxyl groups excluding tert-OH is 1. The quantitative estimate of drug-likeness (QED) is 0.695. The Labute approximate surface area is 84.9 Å². The number of aliphatic hydroxyl groups is 1. The second kappa shape index (κ2) is 3.89. The first-order chi connectivity index (χ1) is 6.66. The Morgan fingerprint density at radius 3 is 2.57 bits per heavy atom. The van der Waals surface area contributed by atoms with E-state index in [2.05, 4.69) is 12.2 Å². The molecule has 1 unspecified atom stereocenters. The van der Waals surface area contributed by atoms with E-state index in [0.29, 0.717) is 5.92 Å². The van der Waals surface area contributed by atoms with E-state index in [4.69, 9.17) is 0 Å². The van der Waals surface area contributed by atoms with Gasteiger partial charge in [0, 0.05) is 12.0 Å². The van der Waals surface area contributed by atoms with E-state index >= 15 is 0 Å². The van der Waals surface area contributed by atoms with E-state index in [1.807, 2.05) is 0 Å². The molecule has 1 amide bonds. The van der Waals surface area contributed by atoms with Crippen molar-refractivity contribution in [1.29, 1.82) is 0 Å². The van der Waals surface area contributed by atoms with Crippen LogP contribution >= 0.6 is 0 Å². The molecule has 0 aromatic carbocycles. The first-order valence-electron chi connectivity index (χ1n) is 5.65. The average Bonchev–Trinajstić information content (AvgIpc) is 2.94. The van der Waals surface area contributed by atoms with Crippen molar-refractivity contribution in [2.75, 3.05) is 0 Å². The topological polar surface area (TPSA) is 49.3 Å². The summed E-state index contributed by atoms with van der Waals surface area (Å²) in [4.78, 5) is 11.5. The summed E-state index contributed by atoms with van der Waals surface area (Å²) in [5.41, 5.74) is 0. The number of hydrogen-bond donors (Lipinski definition) is 2. The van der Waals surface area contributed by atoms with Crippen LogP contribution in [0.5, 0.6) is 0 Å². The number of rotatable bonds is 2. The fraction of sp³-hybridized carbons (Fsp3) is 0.909. The molecule has 0 radical (unpaired) electrons. The van der Waals surface area contributed by atoms with Crippen molar-refractivity contribution in [3.63, 3.8) is 0 Å². The molecule has 80 valence electrons. The summed E-state index contributed by atoms with van der Waals surface area (Å²) in [7, 11) is 0. The molecule has 0 spiro atoms. The van der Waals surface area contributed by atoms with Crippen LogP contribution in [0.4, 0.5) is 0 Å². The molecule has 2 rings (SSSR count). The third kappa shape index (κ3) is 2.27. The lowest BCUT2D eigenvalue weighted by atomic mass is 9.85. The number of hydrogen-bond acceptors (Lipinski definition) is 2. The Bertz CT molecular complexity index is 225. The summed E-state index contributed by atoms with van der Waals surface area (Å²) in [5, 5.41) is 12.7. The molecule has 0 aromatic rings. The lowest BCUT2D eigenvalue weighted by Gasteiger charge is -2.31. The fourth-order valence-corrected chi connectivity index (χ4v) is 2.09. The number of carbonyl (C=O) groups is 1. The van der Waals surface area contributed by atoms with Crippen molar-refractivity contribution in [3.8, 4) is 0 Å². The van der Waals surface area contributed by atoms with Crippen molar-refractivity contribution in [1.82, 2.24) is 5.32 Å². The molecule has 0 saturated heterocycles. The van der Waals surface area contributed by atoms with Gasteiger partial charge in [0.2, 0.25) is 5.91 Å². The summed E-state index contributed by atoms with van der Waals surface area (Å²) in [6.07, 6.45) is 4.66. The fourth-order valence-electron chi connectivity index (χ4n) is 2.09. The van der Waals surface area contributed by atoms with Gasteiger partial charge in [0.05, 0.1) is 6.10 Å². The van der Waals surface area contributed by atoms with Crippen molar-refractivity contribution in [2.24, 2.45) is 11.8 Å². The maximum atomic E-state index is 11.5. The molecule has 0 aliphatic heterocycles. The zero-order chi connectivity index (χ0) is 10.1. The van der Waals surface area contributed by atoms with Crippen LogP contribution in [0.25, 0.3) is 0 Å². The molecule has 0 bridgehead atoms. The summed E-state index contributed by atoms with van der Waals surface area (Å²) in [5.74, 6) is 0.882. The average molecular weight is 197 g/mol. The van der Waals surface area contributed by atoms with Gasteiger partial charge >= 0.3 is 0 Å². The normalized spacial score (nSPS) is 38.0. The molecule has 2 saturated carbocycles. The largest absolute Gasteiger partial charge is 0.393 e. The summed E-state index contributed by atoms with van der Waals surface area (Å²) in [6.45, 7) is 2.07. The summed E-state index contributed by atoms with van der Waals surface area (Å²) >= 11 is 0. The van der Waals surface area contributed by atoms with Gasteiger partial charge in [-0.05, 0) is 38.0 Å². The second-order valence-electron chi connectivity index (χ2n) is 4.84. The van der Waals surface area contributed by atoms with E-state index in [1.165, 1.54) is 0 Å². The van der Waals surface area contributed by atoms with Gasteiger partial charge in [0.1, 0.15) is 0 Å². The van der Waals surface area contributed by atoms with Gasteiger partial charge in [-0.3, -0.25) is 4.79 Å². The van der Waals surface area contributed by atoms with E-state index < -0.39 is 0 Å². The minimum atomic E-state index is -0.228. The maximum absolute atomic E-state index is 11.5. The van der Waals surface area contributed by atoms with E-state index in [-0.39, 0.29) is 24.0 Å². The Balaban J connectivity index is 1.78. The molecule has 3 heteroatoms. The van der Waals surface area contributed by atoms with E-state index in [9.17, 15) is 9.90 Å². The van der Waals surface area contributed by atoms with Gasteiger partial charge in [0.25, 0.3) is 0 Å². The molecule has 2 fully saturated rings. The van der Waals surface area contributed by atoms with Crippen molar-refractivity contribution in [2.45, 2.75) is 51.2 Å². The highest BCUT2D eigenvalue weighted by Crippen LogP contribution is 2.30. The van der Waals surface area contributed by atoms with Gasteiger partial charge in [-0.1, -0.05) is 6.92 Å². The molecule has 2 aliphatic rings. The first-order valence-corrected chi connectivity index (χ1v) is 5.65. The van der Waals surface area contributed by atoms with Gasteiger partial charge in [-0.15, -0.1) is 0 Å². The molecular weight excluding hydrogens is 178 g/mol. The molecule has 2 N–H and O–H groups in total. The van der Waals surface area contributed by atoms with Crippen LogP contribution in [0.2, 0.25) is 0 Å². The zero-order valence-corrected chi connectivity index (χ0v) is 8.70. The highest BCUT2D eigenvalue weighted by Gasteiger charge is 2.33. The number of carbonyl (C=O) groups excluding carboxylic acids is 1. The van der Waals surface area contributed by atoms with Gasteiger partial charge in [-0.25, -0.2) is 0 Å². The Morgan fingerprint density at radius 2 is 2.00 bits per heavy atom. The Hall–Kier alpha value is -0.570. The standard InChI is InChI=1S/C11H19NO2/c1-7-2-5-9(6-10(7)13)12-11(14)8-3-4-8/h7-10,13H,2-6H2,1H3,(H,12,14)/t7-,9?,10+/m1/s1. The lowest BCUT2D eigenvalue weighted by Crippen LogP contribution is -2.42. The molecule has 0 aromatic heterocycles. The van der Waals surface area contributed by atoms with E-state index in [0.717, 1.165) is 32.1 Å². The van der Waals surface area contributed by atoms with Crippen LogP contribution in [0.3, 0.4) is 0 Å². The molecular formula is C11H19NO2. The van der Waals surface area contributed by atoms with Crippen LogP contribution < -0.4 is 5.32 Å². The minimum absolute atomic E-state index is 0.205. The molecule has 14 heavy (non-hydrogen) atoms. The Morgan fingerprint density at radius 1 is 1.29 bits per heavy atom. The number of amides is 1. The predicted molar refractivity (Wildman–Crippen MR) is 53.7 cm³/mol. The smallest absolute Gasteiger partial charge is 0.223 e. The van der Waals surface area contributed by atoms with Crippen LogP contribution in [0, 0.1) is 11.8 Å². The summed E-state index contributed by atoms with van der Waals surface area (Å²) in [6, 6.07) is 0.217. The molecule has 3 nitrogen and oxygen atoms in total. The van der Waals surface area contributed by atoms with Gasteiger partial charge in [0.15, 0.2) is 0 Å². The third-order valence-electron chi connectivity index (χ3n) is 3.45. The molecule has 3 atom stereocenters. The van der Waals surface area contributed by atoms with Gasteiger partial charge in [-0.2, -0.15) is 0 Å². The lowest BCUT2D eigenvalue weighted by molar-refractivity contribution is -0.123. The van der Waals surface area contributed by atoms with Crippen LogP contribution in [0.1, 0.15) is 39.0 Å². The third-order valence-corrected chi connectivity index (χ3v) is 3.45. The minimum Gasteiger partial charge on any atom is -0.393 e. The SMILES string of the molecule is C[C@@H]1CCC(NC(=O)C2CC2)C[C@@H]1O. The Kier molecular flexibility index (Phi) is 2.77. The predicted octanol–water partition coefficient (Wildman–Crippen LogP) is 1.06. The zero-order valence-electron chi connectivity index (χ0n) is 8.70. The van der Waals surface area contributed by atoms with Crippen molar-refractivity contribution >= 4 is 5.91 Å². The van der Waals surface area contributed by atoms with Crippen molar-refractivity contribution < 1.29 is 9.90 Å².